The summed E-state index contributed by atoms with van der Waals surface area (Å²) in [6, 6.07) is 8.34. The molecule has 1 heterocycles. The molecule has 2 atom stereocenters. The van der Waals surface area contributed by atoms with Crippen molar-refractivity contribution in [3.8, 4) is 0 Å². The second-order valence-electron chi connectivity index (χ2n) is 10.2. The molecule has 1 aliphatic heterocycles. The average molecular weight is 512 g/mol. The third kappa shape index (κ3) is 13.8. The molecule has 1 aliphatic rings. The summed E-state index contributed by atoms with van der Waals surface area (Å²) in [6.07, 6.45) is 15.3. The van der Waals surface area contributed by atoms with Gasteiger partial charge in [-0.05, 0) is 36.3 Å². The van der Waals surface area contributed by atoms with E-state index in [1.807, 2.05) is 6.07 Å². The van der Waals surface area contributed by atoms with E-state index in [2.05, 4.69) is 36.9 Å². The largest absolute Gasteiger partial charge is 0.397 e. The number of fused-ring (bicyclic) bond motifs is 1. The Morgan fingerprint density at radius 1 is 0.886 bits per heavy atom. The van der Waals surface area contributed by atoms with E-state index in [1.54, 1.807) is 0 Å². The van der Waals surface area contributed by atoms with E-state index in [-0.39, 0.29) is 6.61 Å². The van der Waals surface area contributed by atoms with Gasteiger partial charge in [-0.3, -0.25) is 9.45 Å². The Morgan fingerprint density at radius 2 is 1.49 bits per heavy atom. The number of ether oxygens (including phenoxy) is 1. The fourth-order valence-corrected chi connectivity index (χ4v) is 5.49. The Morgan fingerprint density at radius 3 is 2.17 bits per heavy atom. The molecule has 6 nitrogen and oxygen atoms in total. The molecule has 0 spiro atoms. The molecule has 7 heteroatoms. The Kier molecular flexibility index (Phi) is 15.1. The van der Waals surface area contributed by atoms with Gasteiger partial charge in [0.15, 0.2) is 0 Å². The lowest BCUT2D eigenvalue weighted by Crippen LogP contribution is -2.40. The summed E-state index contributed by atoms with van der Waals surface area (Å²) in [5.74, 6) is 0.491. The van der Waals surface area contributed by atoms with Crippen molar-refractivity contribution in [1.29, 1.82) is 0 Å². The molecular weight excluding hydrogens is 462 g/mol. The average Bonchev–Trinajstić information content (AvgIpc) is 2.82. The number of nitrogens with zero attached hydrogens (tertiary/aromatic N) is 1. The monoisotopic (exact) mass is 511 g/mol. The molecule has 0 aromatic heterocycles. The first-order chi connectivity index (χ1) is 16.9. The van der Waals surface area contributed by atoms with Crippen LogP contribution in [0, 0.1) is 5.92 Å². The molecule has 1 aromatic rings. The lowest BCUT2D eigenvalue weighted by molar-refractivity contribution is 0.00989. The normalized spacial score (nSPS) is 16.2. The molecule has 2 unspecified atom stereocenters. The van der Waals surface area contributed by atoms with E-state index in [9.17, 15) is 13.0 Å². The van der Waals surface area contributed by atoms with Gasteiger partial charge in [-0.25, -0.2) is 4.18 Å². The summed E-state index contributed by atoms with van der Waals surface area (Å²) in [5.41, 5.74) is 2.60. The fourth-order valence-electron chi connectivity index (χ4n) is 5.03. The molecule has 0 saturated carbocycles. The highest BCUT2D eigenvalue weighted by Crippen LogP contribution is 2.21. The zero-order valence-corrected chi connectivity index (χ0v) is 22.9. The standard InChI is InChI=1S/C28H49NO5S/c1-3-5-7-8-9-10-12-16-25(15-11-6-4-2)23-33-24-28(34-35(30,31)32)22-29-20-19-26-17-13-14-18-27(26)21-29/h13-14,17-18,25,28H,3-12,15-16,19-24H2,1-2H3,(H,30,31,32). The number of unbranched alkanes of at least 4 members (excludes halogenated alkanes) is 8. The minimum absolute atomic E-state index is 0.166. The Labute approximate surface area is 214 Å². The van der Waals surface area contributed by atoms with Gasteiger partial charge in [0.05, 0.1) is 6.61 Å². The molecule has 0 aliphatic carbocycles. The van der Waals surface area contributed by atoms with Crippen LogP contribution in [0.15, 0.2) is 24.3 Å². The molecule has 1 N–H and O–H groups in total. The first-order valence-corrected chi connectivity index (χ1v) is 15.3. The maximum atomic E-state index is 11.5. The lowest BCUT2D eigenvalue weighted by Gasteiger charge is -2.31. The van der Waals surface area contributed by atoms with Crippen LogP contribution >= 0.6 is 0 Å². The maximum Gasteiger partial charge on any atom is 0.397 e. The summed E-state index contributed by atoms with van der Waals surface area (Å²) < 4.78 is 43.3. The molecule has 0 radical (unpaired) electrons. The maximum absolute atomic E-state index is 11.5. The summed E-state index contributed by atoms with van der Waals surface area (Å²) in [4.78, 5) is 2.18. The first kappa shape index (κ1) is 30.2. The van der Waals surface area contributed by atoms with Crippen LogP contribution in [0.25, 0.3) is 0 Å². The second-order valence-corrected chi connectivity index (χ2v) is 11.3. The van der Waals surface area contributed by atoms with Crippen molar-refractivity contribution in [3.05, 3.63) is 35.4 Å². The van der Waals surface area contributed by atoms with Gasteiger partial charge < -0.3 is 4.74 Å². The van der Waals surface area contributed by atoms with Crippen LogP contribution in [-0.2, 0) is 32.3 Å². The molecule has 0 fully saturated rings. The number of hydrogen-bond acceptors (Lipinski definition) is 5. The number of rotatable bonds is 20. The van der Waals surface area contributed by atoms with Gasteiger partial charge in [-0.15, -0.1) is 0 Å². The van der Waals surface area contributed by atoms with Gasteiger partial charge in [-0.2, -0.15) is 8.42 Å². The van der Waals surface area contributed by atoms with Crippen LogP contribution in [-0.4, -0.2) is 50.3 Å². The van der Waals surface area contributed by atoms with E-state index in [1.165, 1.54) is 75.3 Å². The molecule has 1 aromatic carbocycles. The van der Waals surface area contributed by atoms with Crippen molar-refractivity contribution in [2.24, 2.45) is 5.92 Å². The van der Waals surface area contributed by atoms with Crippen LogP contribution in [0.5, 0.6) is 0 Å². The Hall–Kier alpha value is -0.990. The highest BCUT2D eigenvalue weighted by molar-refractivity contribution is 7.80. The fraction of sp³-hybridized carbons (Fsp3) is 0.786. The topological polar surface area (TPSA) is 76.1 Å². The highest BCUT2D eigenvalue weighted by Gasteiger charge is 2.24. The van der Waals surface area contributed by atoms with Crippen LogP contribution in [0.3, 0.4) is 0 Å². The molecule has 202 valence electrons. The lowest BCUT2D eigenvalue weighted by atomic mass is 9.95. The van der Waals surface area contributed by atoms with Crippen LogP contribution in [0.2, 0.25) is 0 Å². The van der Waals surface area contributed by atoms with Crippen LogP contribution in [0.1, 0.15) is 102 Å². The number of benzene rings is 1. The summed E-state index contributed by atoms with van der Waals surface area (Å²) in [6.45, 7) is 7.25. The smallest absolute Gasteiger partial charge is 0.378 e. The van der Waals surface area contributed by atoms with Crippen LogP contribution in [0.4, 0.5) is 0 Å². The van der Waals surface area contributed by atoms with Crippen LogP contribution < -0.4 is 0 Å². The van der Waals surface area contributed by atoms with Crippen molar-refractivity contribution in [1.82, 2.24) is 4.90 Å². The van der Waals surface area contributed by atoms with E-state index in [4.69, 9.17) is 8.92 Å². The molecule has 0 saturated heterocycles. The zero-order valence-electron chi connectivity index (χ0n) is 22.1. The number of hydrogen-bond donors (Lipinski definition) is 1. The molecule has 0 bridgehead atoms. The van der Waals surface area contributed by atoms with Crippen molar-refractivity contribution in [3.63, 3.8) is 0 Å². The Bertz CT molecular complexity index is 785. The summed E-state index contributed by atoms with van der Waals surface area (Å²) in [7, 11) is -4.54. The minimum atomic E-state index is -4.54. The van der Waals surface area contributed by atoms with Crippen molar-refractivity contribution >= 4 is 10.4 Å². The predicted octanol–water partition coefficient (Wildman–Crippen LogP) is 6.59. The van der Waals surface area contributed by atoms with Gasteiger partial charge in [0.2, 0.25) is 0 Å². The van der Waals surface area contributed by atoms with Gasteiger partial charge in [0, 0.05) is 26.2 Å². The molecular formula is C28H49NO5S. The third-order valence-corrected chi connectivity index (χ3v) is 7.53. The highest BCUT2D eigenvalue weighted by atomic mass is 32.3. The van der Waals surface area contributed by atoms with E-state index in [0.717, 1.165) is 32.4 Å². The van der Waals surface area contributed by atoms with Gasteiger partial charge in [-0.1, -0.05) is 102 Å². The quantitative estimate of drug-likeness (QED) is 0.157. The van der Waals surface area contributed by atoms with Gasteiger partial charge in [0.1, 0.15) is 6.10 Å². The molecule has 35 heavy (non-hydrogen) atoms. The van der Waals surface area contributed by atoms with Crippen molar-refractivity contribution in [2.45, 2.75) is 110 Å². The minimum Gasteiger partial charge on any atom is -0.378 e. The van der Waals surface area contributed by atoms with E-state index in [0.29, 0.717) is 19.1 Å². The summed E-state index contributed by atoms with van der Waals surface area (Å²) in [5, 5.41) is 0. The first-order valence-electron chi connectivity index (χ1n) is 13.9. The van der Waals surface area contributed by atoms with Crippen molar-refractivity contribution < 1.29 is 21.9 Å². The Balaban J connectivity index is 1.81. The van der Waals surface area contributed by atoms with Gasteiger partial charge >= 0.3 is 10.4 Å². The SMILES string of the molecule is CCCCCCCCCC(CCCCC)COCC(CN1CCc2ccccc2C1)OS(=O)(=O)O. The second kappa shape index (κ2) is 17.5. The van der Waals surface area contributed by atoms with E-state index < -0.39 is 16.5 Å². The van der Waals surface area contributed by atoms with E-state index >= 15 is 0 Å². The predicted molar refractivity (Wildman–Crippen MR) is 143 cm³/mol. The third-order valence-electron chi connectivity index (χ3n) is 7.02. The molecule has 2 rings (SSSR count). The zero-order chi connectivity index (χ0) is 25.4. The van der Waals surface area contributed by atoms with Crippen molar-refractivity contribution in [2.75, 3.05) is 26.3 Å². The molecule has 0 amide bonds. The van der Waals surface area contributed by atoms with Gasteiger partial charge in [0.25, 0.3) is 0 Å². The summed E-state index contributed by atoms with van der Waals surface area (Å²) >= 11 is 0.